The molecule has 0 aromatic heterocycles. The Labute approximate surface area is 126 Å². The van der Waals surface area contributed by atoms with Crippen LogP contribution in [0.4, 0.5) is 11.4 Å². The maximum atomic E-state index is 10.9. The number of hydrogen-bond donors (Lipinski definition) is 1. The van der Waals surface area contributed by atoms with E-state index in [0.717, 1.165) is 24.3 Å². The van der Waals surface area contributed by atoms with Crippen molar-refractivity contribution >= 4 is 11.4 Å². The highest BCUT2D eigenvalue weighted by atomic mass is 16.6. The number of anilines is 1. The minimum atomic E-state index is -0.360. The van der Waals surface area contributed by atoms with E-state index in [1.54, 1.807) is 12.1 Å². The molecule has 118 valence electrons. The summed E-state index contributed by atoms with van der Waals surface area (Å²) in [6.45, 7) is 8.88. The van der Waals surface area contributed by atoms with Gasteiger partial charge in [0.25, 0.3) is 5.69 Å². The average molecular weight is 295 g/mol. The lowest BCUT2D eigenvalue weighted by atomic mass is 10.1. The van der Waals surface area contributed by atoms with E-state index in [9.17, 15) is 10.1 Å². The molecular weight excluding hydrogens is 270 g/mol. The fraction of sp³-hybridized carbons (Fsp3) is 0.600. The molecule has 21 heavy (non-hydrogen) atoms. The maximum absolute atomic E-state index is 10.9. The second-order valence-corrected chi connectivity index (χ2v) is 5.29. The van der Waals surface area contributed by atoms with Gasteiger partial charge in [-0.2, -0.15) is 0 Å². The number of nitro benzene ring substituents is 1. The van der Waals surface area contributed by atoms with Crippen LogP contribution in [0.25, 0.3) is 0 Å². The van der Waals surface area contributed by atoms with Gasteiger partial charge in [-0.25, -0.2) is 0 Å². The number of hydrogen-bond acceptors (Lipinski definition) is 5. The lowest BCUT2D eigenvalue weighted by molar-refractivity contribution is -0.384. The van der Waals surface area contributed by atoms with Crippen LogP contribution in [-0.2, 0) is 11.3 Å². The average Bonchev–Trinajstić information content (AvgIpc) is 2.40. The summed E-state index contributed by atoms with van der Waals surface area (Å²) in [7, 11) is 1.98. The fourth-order valence-corrected chi connectivity index (χ4v) is 2.00. The molecule has 0 bridgehead atoms. The number of rotatable bonds is 9. The lowest BCUT2D eigenvalue weighted by Crippen LogP contribution is -2.24. The molecule has 0 amide bonds. The molecule has 0 heterocycles. The number of benzene rings is 1. The van der Waals surface area contributed by atoms with E-state index in [2.05, 4.69) is 10.2 Å². The Morgan fingerprint density at radius 3 is 2.71 bits per heavy atom. The molecule has 6 heteroatoms. The van der Waals surface area contributed by atoms with Crippen molar-refractivity contribution in [3.63, 3.8) is 0 Å². The quantitative estimate of drug-likeness (QED) is 0.560. The molecule has 0 atom stereocenters. The van der Waals surface area contributed by atoms with E-state index in [1.807, 2.05) is 27.8 Å². The predicted molar refractivity (Wildman–Crippen MR) is 84.7 cm³/mol. The molecule has 0 saturated heterocycles. The molecule has 0 unspecified atom stereocenters. The van der Waals surface area contributed by atoms with Crippen molar-refractivity contribution in [3.8, 4) is 0 Å². The topological polar surface area (TPSA) is 67.6 Å². The Balaban J connectivity index is 2.73. The van der Waals surface area contributed by atoms with Crippen molar-refractivity contribution in [2.45, 2.75) is 33.4 Å². The first-order chi connectivity index (χ1) is 9.93. The van der Waals surface area contributed by atoms with E-state index in [1.165, 1.54) is 6.07 Å². The zero-order valence-corrected chi connectivity index (χ0v) is 13.3. The number of nitro groups is 1. The largest absolute Gasteiger partial charge is 0.385 e. The number of nitrogens with one attached hydrogen (secondary N) is 1. The Hall–Kier alpha value is -1.66. The molecule has 0 fully saturated rings. The summed E-state index contributed by atoms with van der Waals surface area (Å²) in [6, 6.07) is 4.94. The molecular formula is C15H25N3O3. The van der Waals surface area contributed by atoms with Gasteiger partial charge in [-0.1, -0.05) is 0 Å². The molecule has 1 aromatic carbocycles. The van der Waals surface area contributed by atoms with Crippen LogP contribution in [-0.4, -0.2) is 42.7 Å². The van der Waals surface area contributed by atoms with Gasteiger partial charge in [0.1, 0.15) is 0 Å². The molecule has 6 nitrogen and oxygen atoms in total. The van der Waals surface area contributed by atoms with Gasteiger partial charge in [-0.05, 0) is 39.4 Å². The Kier molecular flexibility index (Phi) is 7.11. The molecule has 0 saturated carbocycles. The second kappa shape index (κ2) is 8.59. The van der Waals surface area contributed by atoms with Crippen LogP contribution in [0.5, 0.6) is 0 Å². The third-order valence-electron chi connectivity index (χ3n) is 3.03. The number of non-ortho nitro benzene ring substituents is 1. The first kappa shape index (κ1) is 17.4. The minimum Gasteiger partial charge on any atom is -0.385 e. The van der Waals surface area contributed by atoms with Crippen LogP contribution in [0.15, 0.2) is 18.2 Å². The van der Waals surface area contributed by atoms with Gasteiger partial charge in [0.15, 0.2) is 0 Å². The standard InChI is InChI=1S/C15H25N3O3/c1-5-16-15-7-6-14(18(19)20)10-13(15)11-17(4)8-9-21-12(2)3/h6-7,10,12,16H,5,8-9,11H2,1-4H3. The highest BCUT2D eigenvalue weighted by Crippen LogP contribution is 2.23. The molecule has 1 rings (SSSR count). The van der Waals surface area contributed by atoms with Gasteiger partial charge >= 0.3 is 0 Å². The molecule has 0 radical (unpaired) electrons. The molecule has 0 spiro atoms. The zero-order valence-electron chi connectivity index (χ0n) is 13.3. The van der Waals surface area contributed by atoms with E-state index >= 15 is 0 Å². The van der Waals surface area contributed by atoms with Crippen molar-refractivity contribution in [2.75, 3.05) is 32.1 Å². The first-order valence-electron chi connectivity index (χ1n) is 7.25. The molecule has 0 aliphatic heterocycles. The molecule has 0 aliphatic carbocycles. The second-order valence-electron chi connectivity index (χ2n) is 5.29. The monoisotopic (exact) mass is 295 g/mol. The summed E-state index contributed by atoms with van der Waals surface area (Å²) in [4.78, 5) is 12.6. The Bertz CT molecular complexity index is 463. The number of ether oxygens (including phenoxy) is 1. The van der Waals surface area contributed by atoms with Gasteiger partial charge < -0.3 is 10.1 Å². The van der Waals surface area contributed by atoms with E-state index in [0.29, 0.717) is 13.2 Å². The normalized spacial score (nSPS) is 11.1. The van der Waals surface area contributed by atoms with Crippen molar-refractivity contribution in [1.82, 2.24) is 4.90 Å². The van der Waals surface area contributed by atoms with Gasteiger partial charge in [-0.3, -0.25) is 15.0 Å². The van der Waals surface area contributed by atoms with Crippen molar-refractivity contribution in [1.29, 1.82) is 0 Å². The van der Waals surface area contributed by atoms with E-state index in [4.69, 9.17) is 4.74 Å². The summed E-state index contributed by atoms with van der Waals surface area (Å²) in [5.41, 5.74) is 2.00. The Morgan fingerprint density at radius 1 is 1.43 bits per heavy atom. The van der Waals surface area contributed by atoms with Crippen LogP contribution in [0.3, 0.4) is 0 Å². The lowest BCUT2D eigenvalue weighted by Gasteiger charge is -2.19. The van der Waals surface area contributed by atoms with Crippen LogP contribution in [0.1, 0.15) is 26.3 Å². The van der Waals surface area contributed by atoms with Crippen molar-refractivity contribution in [3.05, 3.63) is 33.9 Å². The smallest absolute Gasteiger partial charge is 0.269 e. The zero-order chi connectivity index (χ0) is 15.8. The minimum absolute atomic E-state index is 0.124. The summed E-state index contributed by atoms with van der Waals surface area (Å²) in [5, 5.41) is 14.1. The summed E-state index contributed by atoms with van der Waals surface area (Å²) < 4.78 is 5.52. The maximum Gasteiger partial charge on any atom is 0.269 e. The van der Waals surface area contributed by atoms with Crippen LogP contribution in [0.2, 0.25) is 0 Å². The van der Waals surface area contributed by atoms with Crippen LogP contribution < -0.4 is 5.32 Å². The SMILES string of the molecule is CCNc1ccc([N+](=O)[O-])cc1CN(C)CCOC(C)C. The van der Waals surface area contributed by atoms with E-state index in [-0.39, 0.29) is 16.7 Å². The summed E-state index contributed by atoms with van der Waals surface area (Å²) in [5.74, 6) is 0. The van der Waals surface area contributed by atoms with E-state index < -0.39 is 0 Å². The van der Waals surface area contributed by atoms with Crippen molar-refractivity contribution in [2.24, 2.45) is 0 Å². The third kappa shape index (κ3) is 6.10. The van der Waals surface area contributed by atoms with Gasteiger partial charge in [0.05, 0.1) is 17.6 Å². The van der Waals surface area contributed by atoms with Gasteiger partial charge in [0, 0.05) is 37.5 Å². The van der Waals surface area contributed by atoms with Crippen molar-refractivity contribution < 1.29 is 9.66 Å². The fourth-order valence-electron chi connectivity index (χ4n) is 2.00. The first-order valence-corrected chi connectivity index (χ1v) is 7.25. The molecule has 1 N–H and O–H groups in total. The highest BCUT2D eigenvalue weighted by molar-refractivity contribution is 5.56. The number of nitrogens with zero attached hydrogens (tertiary/aromatic N) is 2. The third-order valence-corrected chi connectivity index (χ3v) is 3.03. The molecule has 1 aromatic rings. The van der Waals surface area contributed by atoms with Gasteiger partial charge in [0.2, 0.25) is 0 Å². The van der Waals surface area contributed by atoms with Gasteiger partial charge in [-0.15, -0.1) is 0 Å². The molecule has 0 aliphatic rings. The predicted octanol–water partition coefficient (Wildman–Crippen LogP) is 2.88. The van der Waals surface area contributed by atoms with Crippen LogP contribution in [0, 0.1) is 10.1 Å². The highest BCUT2D eigenvalue weighted by Gasteiger charge is 2.12. The summed E-state index contributed by atoms with van der Waals surface area (Å²) >= 11 is 0. The Morgan fingerprint density at radius 2 is 2.14 bits per heavy atom. The number of likely N-dealkylation sites (N-methyl/N-ethyl adjacent to an activating group) is 1. The van der Waals surface area contributed by atoms with Crippen LogP contribution >= 0.6 is 0 Å². The summed E-state index contributed by atoms with van der Waals surface area (Å²) in [6.07, 6.45) is 0.216.